The van der Waals surface area contributed by atoms with E-state index in [2.05, 4.69) is 4.98 Å². The van der Waals surface area contributed by atoms with Gasteiger partial charge in [0.25, 0.3) is 5.22 Å². The quantitative estimate of drug-likeness (QED) is 0.538. The predicted octanol–water partition coefficient (Wildman–Crippen LogP) is 4.08. The second kappa shape index (κ2) is 5.65. The number of benzene rings is 2. The monoisotopic (exact) mass is 305 g/mol. The van der Waals surface area contributed by atoms with E-state index in [1.54, 1.807) is 12.1 Å². The highest BCUT2D eigenvalue weighted by molar-refractivity contribution is 7.99. The van der Waals surface area contributed by atoms with Crippen molar-refractivity contribution in [2.75, 3.05) is 5.75 Å². The number of thioether (sulfide) groups is 1. The summed E-state index contributed by atoms with van der Waals surface area (Å²) in [7, 11) is 0. The van der Waals surface area contributed by atoms with Crippen molar-refractivity contribution in [1.29, 1.82) is 0 Å². The van der Waals surface area contributed by atoms with Gasteiger partial charge in [0.15, 0.2) is 11.4 Å². The molecule has 3 aromatic rings. The second-order valence-electron chi connectivity index (χ2n) is 4.26. The Bertz CT molecular complexity index is 763. The second-order valence-corrected chi connectivity index (χ2v) is 5.18. The van der Waals surface area contributed by atoms with Gasteiger partial charge in [0.05, 0.1) is 11.3 Å². The van der Waals surface area contributed by atoms with Crippen LogP contribution in [0.15, 0.2) is 52.1 Å². The zero-order valence-electron chi connectivity index (χ0n) is 10.7. The van der Waals surface area contributed by atoms with Gasteiger partial charge < -0.3 is 4.42 Å². The molecule has 2 aromatic carbocycles. The molecule has 0 saturated heterocycles. The van der Waals surface area contributed by atoms with Gasteiger partial charge in [0.2, 0.25) is 0 Å². The number of ketones is 1. The number of oxazole rings is 1. The molecule has 0 saturated carbocycles. The molecule has 106 valence electrons. The first-order valence-corrected chi connectivity index (χ1v) is 7.09. The third-order valence-corrected chi connectivity index (χ3v) is 3.67. The minimum atomic E-state index is -0.863. The molecule has 1 aromatic heterocycles. The molecule has 0 N–H and O–H groups in total. The van der Waals surface area contributed by atoms with Crippen molar-refractivity contribution >= 4 is 28.6 Å². The molecule has 1 heterocycles. The minimum absolute atomic E-state index is 0.148. The Kier molecular flexibility index (Phi) is 3.70. The van der Waals surface area contributed by atoms with Crippen LogP contribution in [0.25, 0.3) is 11.1 Å². The van der Waals surface area contributed by atoms with E-state index in [0.717, 1.165) is 23.9 Å². The van der Waals surface area contributed by atoms with E-state index < -0.39 is 23.0 Å². The Labute approximate surface area is 123 Å². The number of halogens is 2. The standard InChI is InChI=1S/C15H9F2NO2S/c16-9-4-3-5-10(17)14(9)12(19)8-21-15-18-11-6-1-2-7-13(11)20-15/h1-7H,8H2. The number of nitrogens with zero attached hydrogens (tertiary/aromatic N) is 1. The summed E-state index contributed by atoms with van der Waals surface area (Å²) in [5, 5.41) is 0.293. The lowest BCUT2D eigenvalue weighted by molar-refractivity contribution is 0.101. The number of hydrogen-bond donors (Lipinski definition) is 0. The molecule has 0 aliphatic carbocycles. The summed E-state index contributed by atoms with van der Waals surface area (Å²) in [6.45, 7) is 0. The molecule has 3 rings (SSSR count). The average molecular weight is 305 g/mol. The van der Waals surface area contributed by atoms with Crippen molar-refractivity contribution in [2.45, 2.75) is 5.22 Å². The number of fused-ring (bicyclic) bond motifs is 1. The zero-order chi connectivity index (χ0) is 14.8. The van der Waals surface area contributed by atoms with E-state index in [1.807, 2.05) is 12.1 Å². The highest BCUT2D eigenvalue weighted by atomic mass is 32.2. The van der Waals surface area contributed by atoms with Crippen molar-refractivity contribution in [3.05, 3.63) is 59.7 Å². The van der Waals surface area contributed by atoms with Gasteiger partial charge in [0.1, 0.15) is 17.2 Å². The lowest BCUT2D eigenvalue weighted by Gasteiger charge is -2.02. The Hall–Kier alpha value is -2.21. The van der Waals surface area contributed by atoms with Crippen LogP contribution in [-0.4, -0.2) is 16.5 Å². The normalized spacial score (nSPS) is 11.0. The fourth-order valence-corrected chi connectivity index (χ4v) is 2.59. The van der Waals surface area contributed by atoms with Crippen LogP contribution in [0, 0.1) is 11.6 Å². The van der Waals surface area contributed by atoms with E-state index in [9.17, 15) is 13.6 Å². The lowest BCUT2D eigenvalue weighted by Crippen LogP contribution is -2.08. The molecule has 0 fully saturated rings. The molecule has 0 aliphatic rings. The van der Waals surface area contributed by atoms with E-state index >= 15 is 0 Å². The smallest absolute Gasteiger partial charge is 0.257 e. The predicted molar refractivity (Wildman–Crippen MR) is 75.4 cm³/mol. The van der Waals surface area contributed by atoms with Crippen LogP contribution in [0.4, 0.5) is 8.78 Å². The summed E-state index contributed by atoms with van der Waals surface area (Å²) in [5.41, 5.74) is 0.746. The van der Waals surface area contributed by atoms with Crippen LogP contribution in [-0.2, 0) is 0 Å². The highest BCUT2D eigenvalue weighted by Crippen LogP contribution is 2.24. The van der Waals surface area contributed by atoms with Crippen molar-refractivity contribution in [2.24, 2.45) is 0 Å². The molecular formula is C15H9F2NO2S. The SMILES string of the molecule is O=C(CSc1nc2ccccc2o1)c1c(F)cccc1F. The van der Waals surface area contributed by atoms with Crippen molar-refractivity contribution in [1.82, 2.24) is 4.98 Å². The molecule has 0 atom stereocenters. The molecule has 0 spiro atoms. The zero-order valence-corrected chi connectivity index (χ0v) is 11.5. The van der Waals surface area contributed by atoms with E-state index in [-0.39, 0.29) is 5.75 Å². The largest absolute Gasteiger partial charge is 0.431 e. The summed E-state index contributed by atoms with van der Waals surface area (Å²) in [6.07, 6.45) is 0. The van der Waals surface area contributed by atoms with Crippen LogP contribution in [0.5, 0.6) is 0 Å². The van der Waals surface area contributed by atoms with Crippen LogP contribution in [0.2, 0.25) is 0 Å². The number of aromatic nitrogens is 1. The first-order valence-electron chi connectivity index (χ1n) is 6.11. The molecule has 3 nitrogen and oxygen atoms in total. The molecule has 21 heavy (non-hydrogen) atoms. The maximum Gasteiger partial charge on any atom is 0.257 e. The maximum absolute atomic E-state index is 13.5. The molecule has 0 bridgehead atoms. The molecule has 0 aliphatic heterocycles. The topological polar surface area (TPSA) is 43.1 Å². The number of hydrogen-bond acceptors (Lipinski definition) is 4. The third kappa shape index (κ3) is 2.80. The van der Waals surface area contributed by atoms with Gasteiger partial charge in [-0.05, 0) is 24.3 Å². The van der Waals surface area contributed by atoms with Gasteiger partial charge in [-0.3, -0.25) is 4.79 Å². The van der Waals surface area contributed by atoms with E-state index in [4.69, 9.17) is 4.42 Å². The lowest BCUT2D eigenvalue weighted by atomic mass is 10.1. The number of carbonyl (C=O) groups is 1. The van der Waals surface area contributed by atoms with Crippen LogP contribution in [0.3, 0.4) is 0 Å². The van der Waals surface area contributed by atoms with Crippen molar-refractivity contribution in [3.63, 3.8) is 0 Å². The van der Waals surface area contributed by atoms with Gasteiger partial charge in [-0.25, -0.2) is 13.8 Å². The fourth-order valence-electron chi connectivity index (χ4n) is 1.88. The Morgan fingerprint density at radius 2 is 1.81 bits per heavy atom. The summed E-state index contributed by atoms with van der Waals surface area (Å²) in [4.78, 5) is 16.1. The van der Waals surface area contributed by atoms with Crippen molar-refractivity contribution < 1.29 is 18.0 Å². The van der Waals surface area contributed by atoms with Gasteiger partial charge >= 0.3 is 0 Å². The average Bonchev–Trinajstić information content (AvgIpc) is 2.87. The Morgan fingerprint density at radius 1 is 1.10 bits per heavy atom. The summed E-state index contributed by atoms with van der Waals surface area (Å²) < 4.78 is 32.4. The number of para-hydroxylation sites is 2. The van der Waals surface area contributed by atoms with Gasteiger partial charge in [-0.15, -0.1) is 0 Å². The Morgan fingerprint density at radius 3 is 2.52 bits per heavy atom. The molecule has 6 heteroatoms. The van der Waals surface area contributed by atoms with Gasteiger partial charge in [-0.2, -0.15) is 0 Å². The number of Topliss-reactive ketones (excluding diaryl/α,β-unsaturated/α-hetero) is 1. The highest BCUT2D eigenvalue weighted by Gasteiger charge is 2.18. The Balaban J connectivity index is 1.76. The number of rotatable bonds is 4. The van der Waals surface area contributed by atoms with Gasteiger partial charge in [0, 0.05) is 0 Å². The first-order chi connectivity index (χ1) is 10.1. The fraction of sp³-hybridized carbons (Fsp3) is 0.0667. The van der Waals surface area contributed by atoms with Crippen molar-refractivity contribution in [3.8, 4) is 0 Å². The summed E-state index contributed by atoms with van der Waals surface area (Å²) >= 11 is 1.01. The summed E-state index contributed by atoms with van der Waals surface area (Å²) in [5.74, 6) is -2.51. The molecular weight excluding hydrogens is 296 g/mol. The molecule has 0 unspecified atom stereocenters. The molecule has 0 amide bonds. The first kappa shape index (κ1) is 13.8. The summed E-state index contributed by atoms with van der Waals surface area (Å²) in [6, 6.07) is 10.5. The molecule has 0 radical (unpaired) electrons. The third-order valence-electron chi connectivity index (χ3n) is 2.84. The van der Waals surface area contributed by atoms with E-state index in [1.165, 1.54) is 6.07 Å². The number of carbonyl (C=O) groups excluding carboxylic acids is 1. The van der Waals surface area contributed by atoms with E-state index in [0.29, 0.717) is 16.3 Å². The minimum Gasteiger partial charge on any atom is -0.431 e. The van der Waals surface area contributed by atoms with Crippen LogP contribution >= 0.6 is 11.8 Å². The van der Waals surface area contributed by atoms with Crippen LogP contribution in [0.1, 0.15) is 10.4 Å². The maximum atomic E-state index is 13.5. The van der Waals surface area contributed by atoms with Gasteiger partial charge in [-0.1, -0.05) is 30.0 Å². The van der Waals surface area contributed by atoms with Crippen LogP contribution < -0.4 is 0 Å².